The van der Waals surface area contributed by atoms with Gasteiger partial charge >= 0.3 is 0 Å². The predicted molar refractivity (Wildman–Crippen MR) is 106 cm³/mol. The van der Waals surface area contributed by atoms with Crippen LogP contribution in [-0.2, 0) is 17.7 Å². The molecule has 0 spiro atoms. The first-order valence-electron chi connectivity index (χ1n) is 9.72. The maximum absolute atomic E-state index is 13.0. The molecule has 3 rings (SSSR count). The minimum atomic E-state index is -0.747. The minimum Gasteiger partial charge on any atom is -0.394 e. The van der Waals surface area contributed by atoms with E-state index < -0.39 is 12.2 Å². The molecule has 0 radical (unpaired) electrons. The molecule has 0 saturated carbocycles. The number of nitrogens with zero attached hydrogens (tertiary/aromatic N) is 1. The van der Waals surface area contributed by atoms with Gasteiger partial charge in [0.25, 0.3) is 0 Å². The van der Waals surface area contributed by atoms with Crippen LogP contribution in [0.25, 0.3) is 0 Å². The zero-order chi connectivity index (χ0) is 19.9. The molecule has 3 N–H and O–H groups in total. The molecule has 0 aliphatic carbocycles. The van der Waals surface area contributed by atoms with Crippen molar-refractivity contribution in [3.05, 3.63) is 71.5 Å². The average Bonchev–Trinajstić information content (AvgIpc) is 3.04. The van der Waals surface area contributed by atoms with Gasteiger partial charge in [0.2, 0.25) is 0 Å². The number of aliphatic hydroxyl groups excluding tert-OH is 2. The smallest absolute Gasteiger partial charge is 0.123 e. The Morgan fingerprint density at radius 2 is 1.75 bits per heavy atom. The van der Waals surface area contributed by atoms with Crippen molar-refractivity contribution in [2.24, 2.45) is 0 Å². The molecule has 4 atom stereocenters. The molecule has 1 saturated heterocycles. The van der Waals surface area contributed by atoms with E-state index in [9.17, 15) is 14.6 Å². The summed E-state index contributed by atoms with van der Waals surface area (Å²) in [6, 6.07) is 16.4. The summed E-state index contributed by atoms with van der Waals surface area (Å²) in [4.78, 5) is 2.11. The molecule has 1 heterocycles. The van der Waals surface area contributed by atoms with Gasteiger partial charge in [-0.25, -0.2) is 4.39 Å². The van der Waals surface area contributed by atoms with E-state index in [1.807, 2.05) is 25.2 Å². The van der Waals surface area contributed by atoms with Crippen molar-refractivity contribution in [3.8, 4) is 0 Å². The molecule has 2 aromatic carbocycles. The lowest BCUT2D eigenvalue weighted by molar-refractivity contribution is -0.0213. The number of halogens is 1. The zero-order valence-corrected chi connectivity index (χ0v) is 16.2. The van der Waals surface area contributed by atoms with Crippen LogP contribution in [0.3, 0.4) is 0 Å². The lowest BCUT2D eigenvalue weighted by Crippen LogP contribution is -2.49. The van der Waals surface area contributed by atoms with Crippen LogP contribution in [-0.4, -0.2) is 66.2 Å². The lowest BCUT2D eigenvalue weighted by Gasteiger charge is -2.30. The molecule has 1 aliphatic rings. The van der Waals surface area contributed by atoms with E-state index in [4.69, 9.17) is 4.74 Å². The molecule has 6 heteroatoms. The van der Waals surface area contributed by atoms with Crippen LogP contribution in [0.15, 0.2) is 54.6 Å². The predicted octanol–water partition coefficient (Wildman–Crippen LogP) is 1.58. The summed E-state index contributed by atoms with van der Waals surface area (Å²) in [5.41, 5.74) is 2.22. The Labute approximate surface area is 165 Å². The SMILES string of the molecule is CN(CCc1ccccc1)[C@H]1[C@H](O)[C@H](CO)O[C@@H]1CNCc1ccc(F)cc1. The summed E-state index contributed by atoms with van der Waals surface area (Å²) in [5.74, 6) is -0.253. The van der Waals surface area contributed by atoms with E-state index in [1.165, 1.54) is 17.7 Å². The van der Waals surface area contributed by atoms with Gasteiger partial charge in [-0.1, -0.05) is 42.5 Å². The number of aliphatic hydroxyl groups is 2. The van der Waals surface area contributed by atoms with Crippen LogP contribution in [0, 0.1) is 5.82 Å². The van der Waals surface area contributed by atoms with Crippen molar-refractivity contribution >= 4 is 0 Å². The Kier molecular flexibility index (Phi) is 7.53. The molecule has 0 unspecified atom stereocenters. The number of ether oxygens (including phenoxy) is 1. The summed E-state index contributed by atoms with van der Waals surface area (Å²) in [6.07, 6.45) is -0.696. The second-order valence-electron chi connectivity index (χ2n) is 7.35. The fourth-order valence-electron chi connectivity index (χ4n) is 3.75. The molecule has 1 aliphatic heterocycles. The van der Waals surface area contributed by atoms with Crippen molar-refractivity contribution in [1.29, 1.82) is 0 Å². The summed E-state index contributed by atoms with van der Waals surface area (Å²) in [5, 5.41) is 23.5. The molecule has 0 amide bonds. The molecule has 0 aromatic heterocycles. The van der Waals surface area contributed by atoms with Gasteiger partial charge in [-0.2, -0.15) is 0 Å². The van der Waals surface area contributed by atoms with Crippen LogP contribution in [0.2, 0.25) is 0 Å². The van der Waals surface area contributed by atoms with E-state index in [0.717, 1.165) is 18.5 Å². The Morgan fingerprint density at radius 1 is 1.04 bits per heavy atom. The van der Waals surface area contributed by atoms with Gasteiger partial charge < -0.3 is 20.3 Å². The molecule has 5 nitrogen and oxygen atoms in total. The average molecular weight is 388 g/mol. The molecule has 1 fully saturated rings. The summed E-state index contributed by atoms with van der Waals surface area (Å²) >= 11 is 0. The second-order valence-corrected chi connectivity index (χ2v) is 7.35. The van der Waals surface area contributed by atoms with Gasteiger partial charge in [-0.05, 0) is 36.7 Å². The third-order valence-electron chi connectivity index (χ3n) is 5.33. The van der Waals surface area contributed by atoms with E-state index in [1.54, 1.807) is 12.1 Å². The number of hydrogen-bond donors (Lipinski definition) is 3. The highest BCUT2D eigenvalue weighted by Gasteiger charge is 2.44. The fourth-order valence-corrected chi connectivity index (χ4v) is 3.75. The quantitative estimate of drug-likeness (QED) is 0.609. The van der Waals surface area contributed by atoms with Crippen LogP contribution >= 0.6 is 0 Å². The molecular weight excluding hydrogens is 359 g/mol. The van der Waals surface area contributed by atoms with Crippen molar-refractivity contribution < 1.29 is 19.3 Å². The van der Waals surface area contributed by atoms with Crippen molar-refractivity contribution in [3.63, 3.8) is 0 Å². The standard InChI is InChI=1S/C22H29FN2O3/c1-25(12-11-16-5-3-2-4-6-16)21-19(28-20(15-26)22(21)27)14-24-13-17-7-9-18(23)10-8-17/h2-10,19-22,24,26-27H,11-15H2,1H3/t19-,20+,21-,22-/m1/s1. The minimum absolute atomic E-state index is 0.207. The van der Waals surface area contributed by atoms with Crippen molar-refractivity contribution in [2.45, 2.75) is 37.3 Å². The van der Waals surface area contributed by atoms with Crippen molar-refractivity contribution in [1.82, 2.24) is 10.2 Å². The monoisotopic (exact) mass is 388 g/mol. The van der Waals surface area contributed by atoms with Gasteiger partial charge in [0.15, 0.2) is 0 Å². The first-order valence-corrected chi connectivity index (χ1v) is 9.72. The molecule has 28 heavy (non-hydrogen) atoms. The summed E-state index contributed by atoms with van der Waals surface area (Å²) in [7, 11) is 1.98. The number of benzene rings is 2. The maximum Gasteiger partial charge on any atom is 0.123 e. The Morgan fingerprint density at radius 3 is 2.43 bits per heavy atom. The zero-order valence-electron chi connectivity index (χ0n) is 16.2. The molecule has 0 bridgehead atoms. The Hall–Kier alpha value is -1.83. The third kappa shape index (κ3) is 5.37. The van der Waals surface area contributed by atoms with Crippen LogP contribution in [0.1, 0.15) is 11.1 Å². The largest absolute Gasteiger partial charge is 0.394 e. The highest BCUT2D eigenvalue weighted by atomic mass is 19.1. The number of likely N-dealkylation sites (N-methyl/N-ethyl adjacent to an activating group) is 1. The van der Waals surface area contributed by atoms with E-state index in [2.05, 4.69) is 22.3 Å². The molecule has 2 aromatic rings. The lowest BCUT2D eigenvalue weighted by atomic mass is 10.0. The van der Waals surface area contributed by atoms with Crippen molar-refractivity contribution in [2.75, 3.05) is 26.7 Å². The number of rotatable bonds is 9. The van der Waals surface area contributed by atoms with E-state index >= 15 is 0 Å². The summed E-state index contributed by atoms with van der Waals surface area (Å²) < 4.78 is 18.9. The normalized spacial score (nSPS) is 24.8. The third-order valence-corrected chi connectivity index (χ3v) is 5.33. The topological polar surface area (TPSA) is 65.0 Å². The highest BCUT2D eigenvalue weighted by Crippen LogP contribution is 2.25. The fraction of sp³-hybridized carbons (Fsp3) is 0.455. The van der Waals surface area contributed by atoms with E-state index in [0.29, 0.717) is 13.1 Å². The van der Waals surface area contributed by atoms with Crippen LogP contribution in [0.5, 0.6) is 0 Å². The highest BCUT2D eigenvalue weighted by molar-refractivity contribution is 5.16. The van der Waals surface area contributed by atoms with Gasteiger partial charge in [0, 0.05) is 19.6 Å². The molecular formula is C22H29FN2O3. The number of nitrogens with one attached hydrogen (secondary N) is 1. The number of hydrogen-bond acceptors (Lipinski definition) is 5. The van der Waals surface area contributed by atoms with Gasteiger partial charge in [0.05, 0.1) is 18.8 Å². The first-order chi connectivity index (χ1) is 13.6. The van der Waals surface area contributed by atoms with E-state index in [-0.39, 0.29) is 24.6 Å². The maximum atomic E-state index is 13.0. The second kappa shape index (κ2) is 10.1. The van der Waals surface area contributed by atoms with Gasteiger partial charge in [-0.15, -0.1) is 0 Å². The Balaban J connectivity index is 1.56. The first kappa shape index (κ1) is 20.9. The van der Waals surface area contributed by atoms with Gasteiger partial charge in [-0.3, -0.25) is 4.90 Å². The Bertz CT molecular complexity index is 713. The van der Waals surface area contributed by atoms with Crippen LogP contribution in [0.4, 0.5) is 4.39 Å². The van der Waals surface area contributed by atoms with Gasteiger partial charge in [0.1, 0.15) is 18.0 Å². The van der Waals surface area contributed by atoms with Crippen LogP contribution < -0.4 is 5.32 Å². The summed E-state index contributed by atoms with van der Waals surface area (Å²) in [6.45, 7) is 1.69. The molecule has 152 valence electrons.